The van der Waals surface area contributed by atoms with Crippen LogP contribution in [0.5, 0.6) is 5.75 Å². The van der Waals surface area contributed by atoms with Gasteiger partial charge in [-0.3, -0.25) is 4.79 Å². The molecular weight excluding hydrogens is 442 g/mol. The van der Waals surface area contributed by atoms with Crippen molar-refractivity contribution in [2.24, 2.45) is 5.41 Å². The number of pyridine rings is 1. The van der Waals surface area contributed by atoms with Crippen LogP contribution in [0.2, 0.25) is 18.1 Å². The van der Waals surface area contributed by atoms with Gasteiger partial charge in [0.1, 0.15) is 0 Å². The number of fused-ring (bicyclic) bond motifs is 1. The summed E-state index contributed by atoms with van der Waals surface area (Å²) in [7, 11) is -0.751. The Bertz CT molecular complexity index is 784. The van der Waals surface area contributed by atoms with Crippen molar-refractivity contribution in [2.45, 2.75) is 77.4 Å². The highest BCUT2D eigenvalue weighted by molar-refractivity contribution is 9.10. The van der Waals surface area contributed by atoms with Gasteiger partial charge >= 0.3 is 0 Å². The first-order chi connectivity index (χ1) is 12.7. The van der Waals surface area contributed by atoms with Crippen LogP contribution in [-0.2, 0) is 4.43 Å². The molecule has 1 aliphatic rings. The van der Waals surface area contributed by atoms with E-state index in [0.717, 1.165) is 0 Å². The Morgan fingerprint density at radius 3 is 2.36 bits per heavy atom. The monoisotopic (exact) mass is 475 g/mol. The summed E-state index contributed by atoms with van der Waals surface area (Å²) < 4.78 is 14.5. The third-order valence-electron chi connectivity index (χ3n) is 6.44. The van der Waals surface area contributed by atoms with E-state index >= 15 is 0 Å². The lowest BCUT2D eigenvalue weighted by Crippen LogP contribution is -2.53. The van der Waals surface area contributed by atoms with Crippen LogP contribution in [0.4, 0.5) is 0 Å². The topological polar surface area (TPSA) is 80.9 Å². The van der Waals surface area contributed by atoms with Crippen molar-refractivity contribution in [3.8, 4) is 5.75 Å². The van der Waals surface area contributed by atoms with E-state index in [0.29, 0.717) is 16.6 Å². The number of aliphatic hydroxyl groups is 2. The van der Waals surface area contributed by atoms with Crippen LogP contribution in [0.25, 0.3) is 0 Å². The molecule has 0 saturated carbocycles. The SMILES string of the molecule is COc1c2n(cc(Br)c1=O)C(CCO)C(O)C(C)(C)C2O[Si](C)(C)C(C)(C)C. The summed E-state index contributed by atoms with van der Waals surface area (Å²) in [5, 5.41) is 20.8. The Hall–Kier alpha value is -0.673. The number of rotatable bonds is 5. The minimum absolute atomic E-state index is 0.0380. The standard InChI is InChI=1S/C20H34BrNO5Si/c1-19(2,3)28(7,8)27-18-14-16(26-6)15(24)12(21)11-22(14)13(9-10-23)17(25)20(18,4)5/h11,13,17-18,23,25H,9-10H2,1-8H3. The molecule has 3 atom stereocenters. The van der Waals surface area contributed by atoms with Crippen LogP contribution >= 0.6 is 15.9 Å². The zero-order chi connectivity index (χ0) is 21.7. The summed E-state index contributed by atoms with van der Waals surface area (Å²) in [5.41, 5.74) is -0.287. The van der Waals surface area contributed by atoms with Crippen LogP contribution in [0.3, 0.4) is 0 Å². The average molecular weight is 476 g/mol. The molecule has 0 saturated heterocycles. The minimum atomic E-state index is -2.23. The number of methoxy groups -OCH3 is 1. The van der Waals surface area contributed by atoms with Gasteiger partial charge in [0.15, 0.2) is 14.1 Å². The summed E-state index contributed by atoms with van der Waals surface area (Å²) in [4.78, 5) is 12.8. The van der Waals surface area contributed by atoms with Crippen LogP contribution in [0, 0.1) is 5.41 Å². The molecule has 0 radical (unpaired) electrons. The first-order valence-corrected chi connectivity index (χ1v) is 13.4. The second-order valence-corrected chi connectivity index (χ2v) is 15.3. The van der Waals surface area contributed by atoms with Gasteiger partial charge < -0.3 is 23.9 Å². The molecule has 3 unspecified atom stereocenters. The fourth-order valence-electron chi connectivity index (χ4n) is 3.58. The number of hydrogen-bond donors (Lipinski definition) is 2. The summed E-state index contributed by atoms with van der Waals surface area (Å²) in [6, 6.07) is -0.389. The number of nitrogens with zero attached hydrogens (tertiary/aromatic N) is 1. The highest BCUT2D eigenvalue weighted by Gasteiger charge is 2.53. The molecule has 8 heteroatoms. The molecule has 0 fully saturated rings. The van der Waals surface area contributed by atoms with E-state index in [4.69, 9.17) is 9.16 Å². The third-order valence-corrected chi connectivity index (χ3v) is 11.4. The van der Waals surface area contributed by atoms with Crippen LogP contribution in [0.1, 0.15) is 58.9 Å². The first kappa shape index (κ1) is 23.6. The van der Waals surface area contributed by atoms with Crippen molar-refractivity contribution in [1.82, 2.24) is 4.57 Å². The fourth-order valence-corrected chi connectivity index (χ4v) is 5.34. The fraction of sp³-hybridized carbons (Fsp3) is 0.750. The van der Waals surface area contributed by atoms with Gasteiger partial charge in [0, 0.05) is 18.2 Å². The quantitative estimate of drug-likeness (QED) is 0.628. The van der Waals surface area contributed by atoms with Gasteiger partial charge in [-0.1, -0.05) is 34.6 Å². The van der Waals surface area contributed by atoms with Crippen LogP contribution in [0.15, 0.2) is 15.5 Å². The zero-order valence-electron chi connectivity index (χ0n) is 18.2. The molecule has 1 aliphatic heterocycles. The van der Waals surface area contributed by atoms with Crippen molar-refractivity contribution < 1.29 is 19.4 Å². The smallest absolute Gasteiger partial charge is 0.237 e. The summed E-state index contributed by atoms with van der Waals surface area (Å²) in [6.07, 6.45) is 0.763. The van der Waals surface area contributed by atoms with Gasteiger partial charge in [-0.15, -0.1) is 0 Å². The Morgan fingerprint density at radius 2 is 1.89 bits per heavy atom. The molecule has 28 heavy (non-hydrogen) atoms. The van der Waals surface area contributed by atoms with E-state index < -0.39 is 25.9 Å². The highest BCUT2D eigenvalue weighted by Crippen LogP contribution is 2.53. The van der Waals surface area contributed by atoms with E-state index in [1.165, 1.54) is 7.11 Å². The lowest BCUT2D eigenvalue weighted by molar-refractivity contribution is -0.0958. The molecule has 0 aromatic carbocycles. The molecule has 1 aromatic rings. The zero-order valence-corrected chi connectivity index (χ0v) is 20.8. The van der Waals surface area contributed by atoms with Gasteiger partial charge in [0.2, 0.25) is 5.43 Å². The Morgan fingerprint density at radius 1 is 1.32 bits per heavy atom. The maximum atomic E-state index is 12.8. The van der Waals surface area contributed by atoms with Gasteiger partial charge in [0.25, 0.3) is 0 Å². The molecule has 0 spiro atoms. The minimum Gasteiger partial charge on any atom is -0.491 e. The Labute approximate surface area is 177 Å². The molecule has 6 nitrogen and oxygen atoms in total. The predicted octanol–water partition coefficient (Wildman–Crippen LogP) is 4.01. The maximum absolute atomic E-state index is 12.8. The molecule has 1 aromatic heterocycles. The first-order valence-electron chi connectivity index (χ1n) is 9.66. The highest BCUT2D eigenvalue weighted by atomic mass is 79.9. The van der Waals surface area contributed by atoms with E-state index in [-0.39, 0.29) is 28.9 Å². The molecule has 0 bridgehead atoms. The van der Waals surface area contributed by atoms with Gasteiger partial charge in [-0.2, -0.15) is 0 Å². The predicted molar refractivity (Wildman–Crippen MR) is 117 cm³/mol. The maximum Gasteiger partial charge on any atom is 0.237 e. The van der Waals surface area contributed by atoms with Gasteiger partial charge in [-0.25, -0.2) is 0 Å². The molecule has 2 heterocycles. The van der Waals surface area contributed by atoms with Crippen molar-refractivity contribution in [3.05, 3.63) is 26.6 Å². The van der Waals surface area contributed by atoms with E-state index in [1.54, 1.807) is 6.20 Å². The lowest BCUT2D eigenvalue weighted by atomic mass is 9.72. The van der Waals surface area contributed by atoms with E-state index in [1.807, 2.05) is 18.4 Å². The number of ether oxygens (including phenoxy) is 1. The molecule has 2 N–H and O–H groups in total. The van der Waals surface area contributed by atoms with E-state index in [2.05, 4.69) is 49.8 Å². The Kier molecular flexibility index (Phi) is 6.63. The second-order valence-electron chi connectivity index (χ2n) is 9.74. The van der Waals surface area contributed by atoms with Crippen molar-refractivity contribution in [2.75, 3.05) is 13.7 Å². The molecule has 0 amide bonds. The summed E-state index contributed by atoms with van der Waals surface area (Å²) >= 11 is 3.32. The number of halogens is 1. The second kappa shape index (κ2) is 7.87. The molecule has 0 aliphatic carbocycles. The van der Waals surface area contributed by atoms with Crippen molar-refractivity contribution >= 4 is 24.2 Å². The molecule has 2 rings (SSSR count). The Balaban J connectivity index is 2.81. The number of hydrogen-bond acceptors (Lipinski definition) is 5. The van der Waals surface area contributed by atoms with Crippen LogP contribution < -0.4 is 10.2 Å². The lowest BCUT2D eigenvalue weighted by Gasteiger charge is -2.52. The summed E-state index contributed by atoms with van der Waals surface area (Å²) in [5.74, 6) is 0.223. The van der Waals surface area contributed by atoms with E-state index in [9.17, 15) is 15.0 Å². The summed E-state index contributed by atoms with van der Waals surface area (Å²) in [6.45, 7) is 14.6. The van der Waals surface area contributed by atoms with Crippen molar-refractivity contribution in [1.29, 1.82) is 0 Å². The normalized spacial score (nSPS) is 24.8. The number of aromatic nitrogens is 1. The third kappa shape index (κ3) is 3.86. The van der Waals surface area contributed by atoms with Gasteiger partial charge in [0.05, 0.1) is 35.5 Å². The molecular formula is C20H34BrNO5Si. The van der Waals surface area contributed by atoms with Gasteiger partial charge in [-0.05, 0) is 40.5 Å². The largest absolute Gasteiger partial charge is 0.491 e. The average Bonchev–Trinajstić information content (AvgIpc) is 2.57. The molecule has 160 valence electrons. The van der Waals surface area contributed by atoms with Crippen molar-refractivity contribution in [3.63, 3.8) is 0 Å². The van der Waals surface area contributed by atoms with Crippen LogP contribution in [-0.4, -0.2) is 42.9 Å². The number of aliphatic hydroxyl groups excluding tert-OH is 2.